The Labute approximate surface area is 208 Å². The number of Topliss-reactive ketones (excluding diaryl/α,β-unsaturated/α-hetero) is 2. The Morgan fingerprint density at radius 2 is 0.694 bits per heavy atom. The van der Waals surface area contributed by atoms with E-state index in [0.29, 0.717) is 22.1 Å². The molecule has 0 amide bonds. The number of aliphatic hydroxyl groups is 2. The van der Waals surface area contributed by atoms with Crippen LogP contribution in [-0.4, -0.2) is 41.7 Å². The summed E-state index contributed by atoms with van der Waals surface area (Å²) < 4.78 is 0. The topological polar surface area (TPSA) is 206 Å². The largest absolute Gasteiger partial charge is 0.503 e. The fraction of sp³-hybridized carbons (Fsp3) is 0. The van der Waals surface area contributed by atoms with Gasteiger partial charge in [0.2, 0.25) is 11.6 Å². The normalized spacial score (nSPS) is 13.3. The van der Waals surface area contributed by atoms with Crippen LogP contribution in [0.25, 0.3) is 22.1 Å². The highest BCUT2D eigenvalue weighted by Crippen LogP contribution is 2.26. The van der Waals surface area contributed by atoms with E-state index in [1.807, 2.05) is 0 Å². The summed E-state index contributed by atoms with van der Waals surface area (Å²) in [6.07, 6.45) is 0. The predicted molar refractivity (Wildman–Crippen MR) is 131 cm³/mol. The molecule has 36 heavy (non-hydrogen) atoms. The van der Waals surface area contributed by atoms with E-state index in [1.54, 1.807) is 48.5 Å². The Balaban J connectivity index is 0.000000150. The van der Waals surface area contributed by atoms with Gasteiger partial charge in [-0.2, -0.15) is 0 Å². The first-order chi connectivity index (χ1) is 17.0. The summed E-state index contributed by atoms with van der Waals surface area (Å²) in [5.74, 6) is -3.99. The first-order valence-corrected chi connectivity index (χ1v) is 10.5. The van der Waals surface area contributed by atoms with Crippen LogP contribution >= 0.6 is 23.2 Å². The van der Waals surface area contributed by atoms with Crippen molar-refractivity contribution in [3.05, 3.63) is 112 Å². The van der Waals surface area contributed by atoms with Crippen molar-refractivity contribution in [3.8, 4) is 0 Å². The number of halogens is 2. The van der Waals surface area contributed by atoms with E-state index < -0.39 is 55.4 Å². The molecule has 0 unspecified atom stereocenters. The summed E-state index contributed by atoms with van der Waals surface area (Å²) in [5, 5.41) is 16.3. The smallest absolute Gasteiger partial charge is 0.314 e. The number of ketones is 2. The van der Waals surface area contributed by atoms with Crippen LogP contribution < -0.4 is 22.2 Å². The zero-order valence-corrected chi connectivity index (χ0v) is 19.2. The molecule has 0 spiro atoms. The standard InChI is InChI=1S/2C8H6N2O2.C6H2Cl2O4/c2*11-7-8(12)10-6-4-2-1-3-5(6)9-7;7-1-3(9)5(11)2(8)6(12)4(1)10/h2*1-4H,(H,9,11)(H,10,12);9,12H. The summed E-state index contributed by atoms with van der Waals surface area (Å²) in [5.41, 5.74) is 0.0956. The third kappa shape index (κ3) is 5.51. The summed E-state index contributed by atoms with van der Waals surface area (Å²) in [6.45, 7) is 0. The molecule has 0 aliphatic heterocycles. The Morgan fingerprint density at radius 3 is 0.917 bits per heavy atom. The van der Waals surface area contributed by atoms with Gasteiger partial charge in [-0.1, -0.05) is 47.5 Å². The summed E-state index contributed by atoms with van der Waals surface area (Å²) >= 11 is 10.4. The van der Waals surface area contributed by atoms with Crippen LogP contribution in [0.4, 0.5) is 0 Å². The number of fused-ring (bicyclic) bond motifs is 2. The molecule has 0 fully saturated rings. The van der Waals surface area contributed by atoms with Gasteiger partial charge >= 0.3 is 22.2 Å². The Kier molecular flexibility index (Phi) is 7.72. The van der Waals surface area contributed by atoms with Crippen molar-refractivity contribution in [2.24, 2.45) is 0 Å². The van der Waals surface area contributed by atoms with Crippen molar-refractivity contribution >= 4 is 56.8 Å². The van der Waals surface area contributed by atoms with Crippen molar-refractivity contribution in [1.29, 1.82) is 0 Å². The minimum Gasteiger partial charge on any atom is -0.503 e. The quantitative estimate of drug-likeness (QED) is 0.144. The van der Waals surface area contributed by atoms with Gasteiger partial charge in [0.25, 0.3) is 0 Å². The number of rotatable bonds is 0. The molecule has 0 radical (unpaired) electrons. The molecule has 184 valence electrons. The first-order valence-electron chi connectivity index (χ1n) is 9.70. The van der Waals surface area contributed by atoms with Crippen molar-refractivity contribution in [2.75, 3.05) is 0 Å². The van der Waals surface area contributed by atoms with Crippen LogP contribution in [0.3, 0.4) is 0 Å². The highest BCUT2D eigenvalue weighted by molar-refractivity contribution is 6.55. The van der Waals surface area contributed by atoms with Gasteiger partial charge in [-0.3, -0.25) is 28.8 Å². The lowest BCUT2D eigenvalue weighted by molar-refractivity contribution is -0.119. The third-order valence-electron chi connectivity index (χ3n) is 4.50. The maximum Gasteiger partial charge on any atom is 0.314 e. The van der Waals surface area contributed by atoms with Gasteiger partial charge in [-0.05, 0) is 24.3 Å². The fourth-order valence-corrected chi connectivity index (χ4v) is 3.09. The van der Waals surface area contributed by atoms with Crippen molar-refractivity contribution < 1.29 is 19.8 Å². The lowest BCUT2D eigenvalue weighted by Crippen LogP contribution is -2.28. The second-order valence-corrected chi connectivity index (χ2v) is 7.65. The van der Waals surface area contributed by atoms with Gasteiger partial charge in [-0.15, -0.1) is 0 Å². The SMILES string of the molecule is O=C1C(O)=C(Cl)C(=O)C(O)=C1Cl.O=c1[nH]c2ccccc2[nH]c1=O.O=c1[nH]c2ccccc2[nH]c1=O. The first kappa shape index (κ1) is 25.9. The Hall–Kier alpha value is -4.68. The zero-order chi connectivity index (χ0) is 26.6. The maximum absolute atomic E-state index is 10.8. The summed E-state index contributed by atoms with van der Waals surface area (Å²) in [6, 6.07) is 14.1. The number of aliphatic hydroxyl groups excluding tert-OH is 2. The molecular weight excluding hydrogens is 519 g/mol. The molecule has 1 aliphatic rings. The number of aromatic nitrogens is 4. The molecule has 2 aromatic carbocycles. The lowest BCUT2D eigenvalue weighted by Gasteiger charge is -2.08. The molecule has 1 aliphatic carbocycles. The molecule has 0 atom stereocenters. The van der Waals surface area contributed by atoms with E-state index in [1.165, 1.54) is 0 Å². The van der Waals surface area contributed by atoms with Crippen LogP contribution in [0.1, 0.15) is 0 Å². The number of carbonyl (C=O) groups excluding carboxylic acids is 2. The average molecular weight is 533 g/mol. The second-order valence-electron chi connectivity index (χ2n) is 6.89. The zero-order valence-electron chi connectivity index (χ0n) is 17.7. The van der Waals surface area contributed by atoms with Crippen LogP contribution in [0.2, 0.25) is 0 Å². The molecule has 2 aromatic heterocycles. The number of H-pyrrole nitrogens is 4. The van der Waals surface area contributed by atoms with Gasteiger partial charge in [-0.25, -0.2) is 0 Å². The molecule has 0 bridgehead atoms. The molecule has 2 heterocycles. The number of aromatic amines is 4. The van der Waals surface area contributed by atoms with Crippen LogP contribution in [0, 0.1) is 0 Å². The average Bonchev–Trinajstić information content (AvgIpc) is 2.87. The van der Waals surface area contributed by atoms with Crippen LogP contribution in [-0.2, 0) is 9.59 Å². The summed E-state index contributed by atoms with van der Waals surface area (Å²) in [7, 11) is 0. The number of benzene rings is 2. The molecule has 5 rings (SSSR count). The van der Waals surface area contributed by atoms with Gasteiger partial charge < -0.3 is 30.1 Å². The number of hydrogen-bond acceptors (Lipinski definition) is 8. The number of para-hydroxylation sites is 4. The van der Waals surface area contributed by atoms with E-state index >= 15 is 0 Å². The monoisotopic (exact) mass is 532 g/mol. The molecule has 14 heteroatoms. The van der Waals surface area contributed by atoms with Crippen LogP contribution in [0.15, 0.2) is 89.3 Å². The molecule has 12 nitrogen and oxygen atoms in total. The van der Waals surface area contributed by atoms with E-state index in [-0.39, 0.29) is 0 Å². The number of carbonyl (C=O) groups is 2. The summed E-state index contributed by atoms with van der Waals surface area (Å²) in [4.78, 5) is 74.8. The lowest BCUT2D eigenvalue weighted by atomic mass is 10.1. The van der Waals surface area contributed by atoms with Crippen molar-refractivity contribution in [1.82, 2.24) is 19.9 Å². The van der Waals surface area contributed by atoms with Crippen molar-refractivity contribution in [2.45, 2.75) is 0 Å². The fourth-order valence-electron chi connectivity index (χ4n) is 2.74. The molecule has 0 saturated heterocycles. The van der Waals surface area contributed by atoms with Crippen LogP contribution in [0.5, 0.6) is 0 Å². The number of hydrogen-bond donors (Lipinski definition) is 6. The predicted octanol–water partition coefficient (Wildman–Crippen LogP) is 1.59. The maximum atomic E-state index is 10.8. The number of nitrogens with one attached hydrogen (secondary N) is 4. The van der Waals surface area contributed by atoms with E-state index in [2.05, 4.69) is 19.9 Å². The molecule has 4 aromatic rings. The minimum atomic E-state index is -1.06. The minimum absolute atomic E-state index is 0.617. The molecule has 0 saturated carbocycles. The van der Waals surface area contributed by atoms with Gasteiger partial charge in [0, 0.05) is 0 Å². The van der Waals surface area contributed by atoms with E-state index in [0.717, 1.165) is 0 Å². The highest BCUT2D eigenvalue weighted by atomic mass is 35.5. The number of allylic oxidation sites excluding steroid dienone is 2. The highest BCUT2D eigenvalue weighted by Gasteiger charge is 2.33. The van der Waals surface area contributed by atoms with Gasteiger partial charge in [0.15, 0.2) is 11.5 Å². The van der Waals surface area contributed by atoms with Gasteiger partial charge in [0.1, 0.15) is 10.1 Å². The van der Waals surface area contributed by atoms with Gasteiger partial charge in [0.05, 0.1) is 22.1 Å². The van der Waals surface area contributed by atoms with E-state index in [9.17, 15) is 28.8 Å². The second kappa shape index (κ2) is 10.7. The molecular formula is C22H14Cl2N4O8. The molecule has 6 N–H and O–H groups in total. The third-order valence-corrected chi connectivity index (χ3v) is 5.21. The Morgan fingerprint density at radius 1 is 0.472 bits per heavy atom. The Bertz CT molecular complexity index is 1550. The van der Waals surface area contributed by atoms with Crippen molar-refractivity contribution in [3.63, 3.8) is 0 Å². The van der Waals surface area contributed by atoms with E-state index in [4.69, 9.17) is 33.4 Å².